The third-order valence-corrected chi connectivity index (χ3v) is 3.05. The van der Waals surface area contributed by atoms with Crippen molar-refractivity contribution in [3.63, 3.8) is 0 Å². The van der Waals surface area contributed by atoms with Crippen LogP contribution >= 0.6 is 0 Å². The Labute approximate surface area is 126 Å². The Bertz CT molecular complexity index is 734. The van der Waals surface area contributed by atoms with Gasteiger partial charge in [0, 0.05) is 5.56 Å². The summed E-state index contributed by atoms with van der Waals surface area (Å²) in [5, 5.41) is 38.5. The van der Waals surface area contributed by atoms with Gasteiger partial charge < -0.3 is 25.2 Å². The van der Waals surface area contributed by atoms with Gasteiger partial charge in [-0.2, -0.15) is 0 Å². The van der Waals surface area contributed by atoms with Crippen LogP contribution in [-0.2, 0) is 0 Å². The SMILES string of the molecule is COc1c(O)c(O)c(O)c(O)c1C=CC(=O)c1ccccc1. The monoisotopic (exact) mass is 302 g/mol. The molecule has 2 aromatic carbocycles. The van der Waals surface area contributed by atoms with Crippen molar-refractivity contribution in [3.8, 4) is 28.7 Å². The Morgan fingerprint density at radius 2 is 1.55 bits per heavy atom. The highest BCUT2D eigenvalue weighted by Gasteiger charge is 2.22. The number of methoxy groups -OCH3 is 1. The molecule has 0 aliphatic heterocycles. The van der Waals surface area contributed by atoms with Crippen LogP contribution in [0.2, 0.25) is 0 Å². The van der Waals surface area contributed by atoms with Gasteiger partial charge in [0.2, 0.25) is 17.2 Å². The minimum atomic E-state index is -0.902. The molecule has 0 saturated carbocycles. The highest BCUT2D eigenvalue weighted by atomic mass is 16.5. The molecule has 6 heteroatoms. The summed E-state index contributed by atoms with van der Waals surface area (Å²) in [6.07, 6.45) is 2.34. The second kappa shape index (κ2) is 6.09. The van der Waals surface area contributed by atoms with E-state index >= 15 is 0 Å². The predicted molar refractivity (Wildman–Crippen MR) is 79.5 cm³/mol. The lowest BCUT2D eigenvalue weighted by Gasteiger charge is -2.12. The van der Waals surface area contributed by atoms with Crippen molar-refractivity contribution in [1.29, 1.82) is 0 Å². The molecule has 0 aliphatic carbocycles. The normalized spacial score (nSPS) is 10.8. The van der Waals surface area contributed by atoms with Crippen LogP contribution in [0.25, 0.3) is 6.08 Å². The standard InChI is InChI=1S/C16H14O6/c1-22-16-10(12(18)13(19)14(20)15(16)21)7-8-11(17)9-5-3-2-4-6-9/h2-8,18-21H,1H3. The first-order valence-electron chi connectivity index (χ1n) is 6.28. The molecule has 0 heterocycles. The molecular formula is C16H14O6. The van der Waals surface area contributed by atoms with Gasteiger partial charge in [0.05, 0.1) is 12.7 Å². The summed E-state index contributed by atoms with van der Waals surface area (Å²) in [5.74, 6) is -3.83. The van der Waals surface area contributed by atoms with Crippen molar-refractivity contribution in [3.05, 3.63) is 47.5 Å². The van der Waals surface area contributed by atoms with Gasteiger partial charge in [0.15, 0.2) is 17.3 Å². The molecule has 0 amide bonds. The van der Waals surface area contributed by atoms with E-state index in [-0.39, 0.29) is 17.1 Å². The fourth-order valence-electron chi connectivity index (χ4n) is 1.91. The van der Waals surface area contributed by atoms with Gasteiger partial charge in [-0.1, -0.05) is 30.3 Å². The Morgan fingerprint density at radius 1 is 0.955 bits per heavy atom. The molecule has 0 saturated heterocycles. The lowest BCUT2D eigenvalue weighted by atomic mass is 10.1. The summed E-state index contributed by atoms with van der Waals surface area (Å²) >= 11 is 0. The zero-order chi connectivity index (χ0) is 16.3. The highest BCUT2D eigenvalue weighted by molar-refractivity contribution is 6.07. The molecule has 2 rings (SSSR count). The topological polar surface area (TPSA) is 107 Å². The lowest BCUT2D eigenvalue weighted by Crippen LogP contribution is -1.94. The predicted octanol–water partition coefficient (Wildman–Crippen LogP) is 2.41. The van der Waals surface area contributed by atoms with Crippen molar-refractivity contribution >= 4 is 11.9 Å². The molecule has 0 spiro atoms. The number of aromatic hydroxyl groups is 4. The molecule has 22 heavy (non-hydrogen) atoms. The average molecular weight is 302 g/mol. The number of carbonyl (C=O) groups is 1. The third-order valence-electron chi connectivity index (χ3n) is 3.05. The van der Waals surface area contributed by atoms with Crippen molar-refractivity contribution in [1.82, 2.24) is 0 Å². The van der Waals surface area contributed by atoms with Gasteiger partial charge in [0.25, 0.3) is 0 Å². The van der Waals surface area contributed by atoms with Crippen molar-refractivity contribution < 1.29 is 30.0 Å². The summed E-state index contributed by atoms with van der Waals surface area (Å²) in [5.41, 5.74) is 0.309. The van der Waals surface area contributed by atoms with Gasteiger partial charge in [-0.05, 0) is 12.2 Å². The number of carbonyl (C=O) groups excluding carboxylic acids is 1. The van der Waals surface area contributed by atoms with E-state index in [0.717, 1.165) is 6.08 Å². The second-order valence-corrected chi connectivity index (χ2v) is 4.40. The van der Waals surface area contributed by atoms with E-state index in [0.29, 0.717) is 5.56 Å². The van der Waals surface area contributed by atoms with E-state index < -0.39 is 23.0 Å². The third kappa shape index (κ3) is 2.67. The fourth-order valence-corrected chi connectivity index (χ4v) is 1.91. The largest absolute Gasteiger partial charge is 0.504 e. The molecule has 0 aromatic heterocycles. The summed E-state index contributed by atoms with van der Waals surface area (Å²) in [7, 11) is 1.21. The van der Waals surface area contributed by atoms with Crippen LogP contribution in [0.4, 0.5) is 0 Å². The van der Waals surface area contributed by atoms with Crippen molar-refractivity contribution in [2.75, 3.05) is 7.11 Å². The van der Waals surface area contributed by atoms with Gasteiger partial charge in [-0.3, -0.25) is 4.79 Å². The Morgan fingerprint density at radius 3 is 2.14 bits per heavy atom. The molecule has 4 N–H and O–H groups in total. The van der Waals surface area contributed by atoms with Gasteiger partial charge in [-0.25, -0.2) is 0 Å². The molecule has 0 unspecified atom stereocenters. The maximum absolute atomic E-state index is 12.0. The van der Waals surface area contributed by atoms with E-state index in [4.69, 9.17) is 4.74 Å². The summed E-state index contributed by atoms with van der Waals surface area (Å²) < 4.78 is 4.89. The van der Waals surface area contributed by atoms with Crippen LogP contribution in [0.5, 0.6) is 28.7 Å². The maximum atomic E-state index is 12.0. The summed E-state index contributed by atoms with van der Waals surface area (Å²) in [6, 6.07) is 8.42. The minimum Gasteiger partial charge on any atom is -0.504 e. The molecular weight excluding hydrogens is 288 g/mol. The van der Waals surface area contributed by atoms with Gasteiger partial charge in [-0.15, -0.1) is 0 Å². The zero-order valence-corrected chi connectivity index (χ0v) is 11.6. The molecule has 2 aromatic rings. The number of phenols is 4. The average Bonchev–Trinajstić information content (AvgIpc) is 2.55. The molecule has 0 bridgehead atoms. The van der Waals surface area contributed by atoms with Crippen LogP contribution in [0.3, 0.4) is 0 Å². The highest BCUT2D eigenvalue weighted by Crippen LogP contribution is 2.51. The lowest BCUT2D eigenvalue weighted by molar-refractivity contribution is 0.104. The van der Waals surface area contributed by atoms with E-state index in [1.165, 1.54) is 13.2 Å². The second-order valence-electron chi connectivity index (χ2n) is 4.40. The van der Waals surface area contributed by atoms with Gasteiger partial charge in [0.1, 0.15) is 0 Å². The Kier molecular flexibility index (Phi) is 4.22. The smallest absolute Gasteiger partial charge is 0.208 e. The number of hydrogen-bond acceptors (Lipinski definition) is 6. The minimum absolute atomic E-state index is 0.125. The van der Waals surface area contributed by atoms with Crippen molar-refractivity contribution in [2.24, 2.45) is 0 Å². The van der Waals surface area contributed by atoms with Crippen LogP contribution in [0.1, 0.15) is 15.9 Å². The van der Waals surface area contributed by atoms with Crippen LogP contribution in [-0.4, -0.2) is 33.3 Å². The molecule has 0 atom stereocenters. The van der Waals surface area contributed by atoms with Crippen molar-refractivity contribution in [2.45, 2.75) is 0 Å². The number of ether oxygens (including phenoxy) is 1. The first kappa shape index (κ1) is 15.2. The molecule has 114 valence electrons. The van der Waals surface area contributed by atoms with Gasteiger partial charge >= 0.3 is 0 Å². The van der Waals surface area contributed by atoms with E-state index in [1.54, 1.807) is 30.3 Å². The van der Waals surface area contributed by atoms with Crippen LogP contribution in [0.15, 0.2) is 36.4 Å². The van der Waals surface area contributed by atoms with Crippen LogP contribution < -0.4 is 4.74 Å². The Hall–Kier alpha value is -3.15. The number of allylic oxidation sites excluding steroid dienone is 1. The maximum Gasteiger partial charge on any atom is 0.208 e. The fraction of sp³-hybridized carbons (Fsp3) is 0.0625. The molecule has 0 aliphatic rings. The van der Waals surface area contributed by atoms with E-state index in [2.05, 4.69) is 0 Å². The number of hydrogen-bond donors (Lipinski definition) is 4. The van der Waals surface area contributed by atoms with Crippen LogP contribution in [0, 0.1) is 0 Å². The number of benzene rings is 2. The first-order valence-corrected chi connectivity index (χ1v) is 6.28. The van der Waals surface area contributed by atoms with E-state index in [1.807, 2.05) is 0 Å². The number of rotatable bonds is 4. The Balaban J connectivity index is 2.45. The molecule has 6 nitrogen and oxygen atoms in total. The summed E-state index contributed by atoms with van der Waals surface area (Å²) in [4.78, 5) is 12.0. The van der Waals surface area contributed by atoms with E-state index in [9.17, 15) is 25.2 Å². The molecule has 0 fully saturated rings. The molecule has 0 radical (unpaired) electrons. The number of ketones is 1. The quantitative estimate of drug-likeness (QED) is 0.299. The first-order chi connectivity index (χ1) is 10.5. The summed E-state index contributed by atoms with van der Waals surface area (Å²) in [6.45, 7) is 0. The number of phenolic OH excluding ortho intramolecular Hbond substituents is 4. The zero-order valence-electron chi connectivity index (χ0n) is 11.6.